The molecule has 0 fully saturated rings. The molecule has 3 aromatic carbocycles. The van der Waals surface area contributed by atoms with E-state index in [0.29, 0.717) is 15.1 Å². The first-order chi connectivity index (χ1) is 8.16. The number of hydrogen-bond acceptors (Lipinski definition) is 0. The van der Waals surface area contributed by atoms with Crippen molar-refractivity contribution in [2.24, 2.45) is 0 Å². The van der Waals surface area contributed by atoms with Gasteiger partial charge in [-0.15, -0.1) is 0 Å². The van der Waals surface area contributed by atoms with Crippen LogP contribution in [0.3, 0.4) is 0 Å². The summed E-state index contributed by atoms with van der Waals surface area (Å²) in [5, 5.41) is 5.45. The van der Waals surface area contributed by atoms with Crippen LogP contribution >= 0.6 is 34.8 Å². The van der Waals surface area contributed by atoms with Crippen LogP contribution in [-0.4, -0.2) is 0 Å². The Bertz CT molecular complexity index is 732. The quantitative estimate of drug-likeness (QED) is 0.473. The molecule has 3 rings (SSSR count). The van der Waals surface area contributed by atoms with Crippen LogP contribution in [0, 0.1) is 12.1 Å². The summed E-state index contributed by atoms with van der Waals surface area (Å²) in [5.41, 5.74) is 0. The fourth-order valence-corrected chi connectivity index (χ4v) is 2.74. The van der Waals surface area contributed by atoms with E-state index in [1.165, 1.54) is 0 Å². The van der Waals surface area contributed by atoms with Gasteiger partial charge in [-0.3, -0.25) is 0 Å². The van der Waals surface area contributed by atoms with E-state index in [4.69, 9.17) is 34.8 Å². The third-order valence-electron chi connectivity index (χ3n) is 2.71. The SMILES string of the molecule is Clc1[c]c(Cl)c2cc(Cl)c3c[c]ccc3c2c1. The number of fused-ring (bicyclic) bond motifs is 3. The van der Waals surface area contributed by atoms with Crippen molar-refractivity contribution < 1.29 is 0 Å². The van der Waals surface area contributed by atoms with Gasteiger partial charge in [0.25, 0.3) is 0 Å². The summed E-state index contributed by atoms with van der Waals surface area (Å²) >= 11 is 18.3. The first-order valence-corrected chi connectivity index (χ1v) is 6.09. The predicted octanol–water partition coefficient (Wildman–Crippen LogP) is 5.55. The molecule has 17 heavy (non-hydrogen) atoms. The maximum atomic E-state index is 6.22. The van der Waals surface area contributed by atoms with Gasteiger partial charge in [0, 0.05) is 21.9 Å². The van der Waals surface area contributed by atoms with Gasteiger partial charge >= 0.3 is 0 Å². The van der Waals surface area contributed by atoms with Crippen LogP contribution < -0.4 is 0 Å². The molecule has 0 amide bonds. The topological polar surface area (TPSA) is 0 Å². The molecule has 0 N–H and O–H groups in total. The highest BCUT2D eigenvalue weighted by Gasteiger charge is 2.08. The molecule has 0 aliphatic carbocycles. The van der Waals surface area contributed by atoms with Crippen molar-refractivity contribution >= 4 is 56.3 Å². The number of benzene rings is 3. The lowest BCUT2D eigenvalue weighted by atomic mass is 10.0. The van der Waals surface area contributed by atoms with Gasteiger partial charge in [-0.25, -0.2) is 0 Å². The zero-order chi connectivity index (χ0) is 12.0. The number of rotatable bonds is 0. The normalized spacial score (nSPS) is 11.2. The Morgan fingerprint density at radius 3 is 2.53 bits per heavy atom. The van der Waals surface area contributed by atoms with E-state index < -0.39 is 0 Å². The van der Waals surface area contributed by atoms with Crippen molar-refractivity contribution in [2.75, 3.05) is 0 Å². The standard InChI is InChI=1S/C14H5Cl3/c15-8-5-11-9-3-1-2-4-10(9)14(17)7-12(11)13(16)6-8/h1,3-5,7H. The average molecular weight is 280 g/mol. The molecule has 0 nitrogen and oxygen atoms in total. The Morgan fingerprint density at radius 2 is 1.71 bits per heavy atom. The summed E-state index contributed by atoms with van der Waals surface area (Å²) in [7, 11) is 0. The highest BCUT2D eigenvalue weighted by atomic mass is 35.5. The lowest BCUT2D eigenvalue weighted by Crippen LogP contribution is -1.81. The van der Waals surface area contributed by atoms with Crippen molar-refractivity contribution in [3.8, 4) is 0 Å². The van der Waals surface area contributed by atoms with Gasteiger partial charge in [0.05, 0.1) is 10.0 Å². The third-order valence-corrected chi connectivity index (χ3v) is 3.52. The number of halogens is 3. The molecule has 0 bridgehead atoms. The second kappa shape index (κ2) is 4.06. The Morgan fingerprint density at radius 1 is 0.882 bits per heavy atom. The van der Waals surface area contributed by atoms with E-state index in [1.54, 1.807) is 0 Å². The molecule has 0 spiro atoms. The second-order valence-corrected chi connectivity index (χ2v) is 4.91. The van der Waals surface area contributed by atoms with Crippen LogP contribution in [0.1, 0.15) is 0 Å². The van der Waals surface area contributed by atoms with E-state index in [-0.39, 0.29) is 0 Å². The number of hydrogen-bond donors (Lipinski definition) is 0. The Hall–Kier alpha value is -0.950. The minimum absolute atomic E-state index is 0.490. The maximum Gasteiger partial charge on any atom is 0.0579 e. The molecule has 0 unspecified atom stereocenters. The second-order valence-electron chi connectivity index (χ2n) is 3.72. The smallest absolute Gasteiger partial charge is 0.0579 e. The first-order valence-electron chi connectivity index (χ1n) is 4.96. The van der Waals surface area contributed by atoms with Gasteiger partial charge in [-0.1, -0.05) is 46.9 Å². The van der Waals surface area contributed by atoms with Crippen molar-refractivity contribution in [3.05, 3.63) is 57.5 Å². The van der Waals surface area contributed by atoms with Crippen LogP contribution in [-0.2, 0) is 0 Å². The Kier molecular flexibility index (Phi) is 2.67. The van der Waals surface area contributed by atoms with Gasteiger partial charge in [0.1, 0.15) is 0 Å². The predicted molar refractivity (Wildman–Crippen MR) is 74.2 cm³/mol. The van der Waals surface area contributed by atoms with Gasteiger partial charge in [0.15, 0.2) is 0 Å². The monoisotopic (exact) mass is 278 g/mol. The van der Waals surface area contributed by atoms with Gasteiger partial charge in [0.2, 0.25) is 0 Å². The Balaban J connectivity index is 2.63. The first kappa shape index (κ1) is 11.2. The van der Waals surface area contributed by atoms with Gasteiger partial charge in [-0.05, 0) is 35.0 Å². The van der Waals surface area contributed by atoms with Crippen LogP contribution in [0.15, 0.2) is 30.3 Å². The van der Waals surface area contributed by atoms with Gasteiger partial charge in [-0.2, -0.15) is 0 Å². The molecule has 0 saturated heterocycles. The zero-order valence-electron chi connectivity index (χ0n) is 8.52. The Labute approximate surface area is 114 Å². The van der Waals surface area contributed by atoms with Crippen LogP contribution in [0.4, 0.5) is 0 Å². The van der Waals surface area contributed by atoms with Crippen LogP contribution in [0.5, 0.6) is 0 Å². The van der Waals surface area contributed by atoms with Crippen LogP contribution in [0.25, 0.3) is 21.5 Å². The molecular formula is C14H5Cl3. The van der Waals surface area contributed by atoms with E-state index in [2.05, 4.69) is 12.1 Å². The molecule has 82 valence electrons. The third kappa shape index (κ3) is 1.77. The largest absolute Gasteiger partial charge is 0.0836 e. The molecule has 0 aromatic heterocycles. The maximum absolute atomic E-state index is 6.22. The molecule has 0 aliphatic heterocycles. The van der Waals surface area contributed by atoms with E-state index in [0.717, 1.165) is 21.5 Å². The minimum Gasteiger partial charge on any atom is -0.0836 e. The fraction of sp³-hybridized carbons (Fsp3) is 0. The minimum atomic E-state index is 0.490. The molecule has 0 aliphatic rings. The molecule has 2 radical (unpaired) electrons. The molecule has 3 aromatic rings. The summed E-state index contributed by atoms with van der Waals surface area (Å²) in [6.45, 7) is 0. The average Bonchev–Trinajstić information content (AvgIpc) is 2.31. The van der Waals surface area contributed by atoms with Crippen molar-refractivity contribution in [3.63, 3.8) is 0 Å². The van der Waals surface area contributed by atoms with Crippen LogP contribution in [0.2, 0.25) is 15.1 Å². The van der Waals surface area contributed by atoms with E-state index in [9.17, 15) is 0 Å². The molecular weight excluding hydrogens is 275 g/mol. The summed E-state index contributed by atoms with van der Waals surface area (Å²) in [5.74, 6) is 0. The summed E-state index contributed by atoms with van der Waals surface area (Å²) in [4.78, 5) is 0. The van der Waals surface area contributed by atoms with Gasteiger partial charge < -0.3 is 0 Å². The van der Waals surface area contributed by atoms with E-state index in [1.807, 2.05) is 30.3 Å². The zero-order valence-corrected chi connectivity index (χ0v) is 10.8. The molecule has 0 heterocycles. The summed E-state index contributed by atoms with van der Waals surface area (Å²) < 4.78 is 0. The lowest BCUT2D eigenvalue weighted by Gasteiger charge is -2.07. The molecule has 0 atom stereocenters. The van der Waals surface area contributed by atoms with Crippen molar-refractivity contribution in [2.45, 2.75) is 0 Å². The van der Waals surface area contributed by atoms with Crippen molar-refractivity contribution in [1.82, 2.24) is 0 Å². The van der Waals surface area contributed by atoms with Crippen molar-refractivity contribution in [1.29, 1.82) is 0 Å². The summed E-state index contributed by atoms with van der Waals surface area (Å²) in [6, 6.07) is 15.2. The fourth-order valence-electron chi connectivity index (χ4n) is 1.96. The lowest BCUT2D eigenvalue weighted by molar-refractivity contribution is 1.74. The highest BCUT2D eigenvalue weighted by Crippen LogP contribution is 2.36. The highest BCUT2D eigenvalue weighted by molar-refractivity contribution is 6.42. The van der Waals surface area contributed by atoms with E-state index >= 15 is 0 Å². The molecule has 0 saturated carbocycles. The summed E-state index contributed by atoms with van der Waals surface area (Å²) in [6.07, 6.45) is 0. The molecule has 3 heteroatoms.